The number of hydrogen-bond donors (Lipinski definition) is 1. The zero-order valence-electron chi connectivity index (χ0n) is 11.6. The summed E-state index contributed by atoms with van der Waals surface area (Å²) < 4.78 is 0. The van der Waals surface area contributed by atoms with E-state index in [-0.39, 0.29) is 18.6 Å². The molecule has 1 N–H and O–H groups in total. The average Bonchev–Trinajstić information content (AvgIpc) is 3.01. The maximum absolute atomic E-state index is 12.6. The second-order valence-electron chi connectivity index (χ2n) is 4.46. The molecule has 0 radical (unpaired) electrons. The van der Waals surface area contributed by atoms with Gasteiger partial charge < -0.3 is 10.0 Å². The van der Waals surface area contributed by atoms with Crippen molar-refractivity contribution in [1.29, 1.82) is 0 Å². The highest BCUT2D eigenvalue weighted by Crippen LogP contribution is 2.16. The fourth-order valence-corrected chi connectivity index (χ4v) is 2.08. The van der Waals surface area contributed by atoms with Crippen LogP contribution in [0.4, 0.5) is 0 Å². The molecule has 2 aromatic rings. The normalized spacial score (nSPS) is 12.2. The van der Waals surface area contributed by atoms with E-state index in [9.17, 15) is 9.90 Å². The van der Waals surface area contributed by atoms with E-state index in [1.807, 2.05) is 19.9 Å². The molecule has 106 valence electrons. The highest BCUT2D eigenvalue weighted by molar-refractivity contribution is 5.97. The van der Waals surface area contributed by atoms with E-state index in [1.54, 1.807) is 35.5 Å². The highest BCUT2D eigenvalue weighted by Gasteiger charge is 2.22. The number of carbonyl (C=O) groups excluding carboxylic acids is 1. The predicted octanol–water partition coefficient (Wildman–Crippen LogP) is 1.11. The Labute approximate surface area is 117 Å². The quantitative estimate of drug-likeness (QED) is 0.886. The number of amides is 1. The SMILES string of the molecule is CCN(C(=O)c1ccccc1-n1nccn1)C(C)CO. The molecule has 1 atom stereocenters. The van der Waals surface area contributed by atoms with Gasteiger partial charge in [0.15, 0.2) is 0 Å². The van der Waals surface area contributed by atoms with Crippen molar-refractivity contribution in [2.75, 3.05) is 13.2 Å². The molecule has 0 bridgehead atoms. The van der Waals surface area contributed by atoms with Crippen molar-refractivity contribution < 1.29 is 9.90 Å². The summed E-state index contributed by atoms with van der Waals surface area (Å²) >= 11 is 0. The van der Waals surface area contributed by atoms with Crippen LogP contribution < -0.4 is 0 Å². The van der Waals surface area contributed by atoms with Crippen LogP contribution in [-0.2, 0) is 0 Å². The van der Waals surface area contributed by atoms with Crippen molar-refractivity contribution in [3.05, 3.63) is 42.2 Å². The number of hydrogen-bond acceptors (Lipinski definition) is 4. The number of aliphatic hydroxyl groups is 1. The van der Waals surface area contributed by atoms with Crippen molar-refractivity contribution >= 4 is 5.91 Å². The fourth-order valence-electron chi connectivity index (χ4n) is 2.08. The van der Waals surface area contributed by atoms with E-state index in [4.69, 9.17) is 0 Å². The first-order chi connectivity index (χ1) is 9.69. The Bertz CT molecular complexity index is 568. The zero-order chi connectivity index (χ0) is 14.5. The van der Waals surface area contributed by atoms with Gasteiger partial charge in [-0.1, -0.05) is 12.1 Å². The monoisotopic (exact) mass is 274 g/mol. The van der Waals surface area contributed by atoms with Crippen LogP contribution in [0.1, 0.15) is 24.2 Å². The lowest BCUT2D eigenvalue weighted by atomic mass is 10.1. The number of rotatable bonds is 5. The Kier molecular flexibility index (Phi) is 4.47. The third kappa shape index (κ3) is 2.70. The van der Waals surface area contributed by atoms with Crippen molar-refractivity contribution in [3.8, 4) is 5.69 Å². The highest BCUT2D eigenvalue weighted by atomic mass is 16.3. The van der Waals surface area contributed by atoms with Crippen molar-refractivity contribution in [2.24, 2.45) is 0 Å². The summed E-state index contributed by atoms with van der Waals surface area (Å²) in [5.41, 5.74) is 1.15. The minimum Gasteiger partial charge on any atom is -0.394 e. The molecular formula is C14H18N4O2. The van der Waals surface area contributed by atoms with Crippen LogP contribution in [0.2, 0.25) is 0 Å². The maximum Gasteiger partial charge on any atom is 0.256 e. The van der Waals surface area contributed by atoms with Crippen molar-refractivity contribution in [1.82, 2.24) is 19.9 Å². The lowest BCUT2D eigenvalue weighted by Gasteiger charge is -2.27. The fraction of sp³-hybridized carbons (Fsp3) is 0.357. The molecule has 2 rings (SSSR count). The van der Waals surface area contributed by atoms with Crippen LogP contribution in [0.5, 0.6) is 0 Å². The summed E-state index contributed by atoms with van der Waals surface area (Å²) in [4.78, 5) is 15.7. The van der Waals surface area contributed by atoms with Gasteiger partial charge in [-0.15, -0.1) is 0 Å². The summed E-state index contributed by atoms with van der Waals surface area (Å²) in [5, 5.41) is 17.4. The van der Waals surface area contributed by atoms with Gasteiger partial charge in [0, 0.05) is 6.54 Å². The lowest BCUT2D eigenvalue weighted by molar-refractivity contribution is 0.0632. The van der Waals surface area contributed by atoms with Gasteiger partial charge in [-0.25, -0.2) is 0 Å². The number of likely N-dealkylation sites (N-methyl/N-ethyl adjacent to an activating group) is 1. The molecule has 0 fully saturated rings. The van der Waals surface area contributed by atoms with Gasteiger partial charge in [-0.05, 0) is 26.0 Å². The molecule has 0 saturated heterocycles. The number of para-hydroxylation sites is 1. The first-order valence-electron chi connectivity index (χ1n) is 6.56. The summed E-state index contributed by atoms with van der Waals surface area (Å²) in [6.45, 7) is 4.16. The second-order valence-corrected chi connectivity index (χ2v) is 4.46. The Hall–Kier alpha value is -2.21. The lowest BCUT2D eigenvalue weighted by Crippen LogP contribution is -2.40. The minimum atomic E-state index is -0.230. The molecule has 0 aliphatic rings. The molecular weight excluding hydrogens is 256 g/mol. The van der Waals surface area contributed by atoms with Gasteiger partial charge in [0.05, 0.1) is 36.3 Å². The number of carbonyl (C=O) groups is 1. The summed E-state index contributed by atoms with van der Waals surface area (Å²) in [6, 6.07) is 6.95. The predicted molar refractivity (Wildman–Crippen MR) is 74.6 cm³/mol. The number of benzene rings is 1. The van der Waals surface area contributed by atoms with E-state index in [0.717, 1.165) is 0 Å². The topological polar surface area (TPSA) is 71.2 Å². The van der Waals surface area contributed by atoms with Gasteiger partial charge in [0.1, 0.15) is 0 Å². The molecule has 20 heavy (non-hydrogen) atoms. The third-order valence-corrected chi connectivity index (χ3v) is 3.17. The second kappa shape index (κ2) is 6.29. The van der Waals surface area contributed by atoms with Gasteiger partial charge >= 0.3 is 0 Å². The van der Waals surface area contributed by atoms with E-state index >= 15 is 0 Å². The molecule has 6 heteroatoms. The molecule has 1 amide bonds. The Morgan fingerprint density at radius 1 is 1.35 bits per heavy atom. The van der Waals surface area contributed by atoms with Gasteiger partial charge in [0.25, 0.3) is 5.91 Å². The largest absolute Gasteiger partial charge is 0.394 e. The van der Waals surface area contributed by atoms with Crippen LogP contribution in [0.3, 0.4) is 0 Å². The van der Waals surface area contributed by atoms with Crippen molar-refractivity contribution in [3.63, 3.8) is 0 Å². The third-order valence-electron chi connectivity index (χ3n) is 3.17. The van der Waals surface area contributed by atoms with Gasteiger partial charge in [0.2, 0.25) is 0 Å². The van der Waals surface area contributed by atoms with E-state index < -0.39 is 0 Å². The summed E-state index contributed by atoms with van der Waals surface area (Å²) in [5.74, 6) is -0.137. The number of nitrogens with zero attached hydrogens (tertiary/aromatic N) is 4. The van der Waals surface area contributed by atoms with E-state index in [1.165, 1.54) is 4.80 Å². The van der Waals surface area contributed by atoms with Crippen LogP contribution in [0.25, 0.3) is 5.69 Å². The Balaban J connectivity index is 2.40. The molecule has 0 aliphatic carbocycles. The Morgan fingerprint density at radius 3 is 2.60 bits per heavy atom. The smallest absolute Gasteiger partial charge is 0.256 e. The molecule has 0 spiro atoms. The van der Waals surface area contributed by atoms with Crippen LogP contribution >= 0.6 is 0 Å². The van der Waals surface area contributed by atoms with E-state index in [0.29, 0.717) is 17.8 Å². The zero-order valence-corrected chi connectivity index (χ0v) is 11.6. The standard InChI is InChI=1S/C14H18N4O2/c1-3-17(11(2)10-19)14(20)12-6-4-5-7-13(12)18-15-8-9-16-18/h4-9,11,19H,3,10H2,1-2H3. The average molecular weight is 274 g/mol. The summed E-state index contributed by atoms with van der Waals surface area (Å²) in [6.07, 6.45) is 3.13. The van der Waals surface area contributed by atoms with Gasteiger partial charge in [-0.3, -0.25) is 4.79 Å². The number of aliphatic hydroxyl groups excluding tert-OH is 1. The molecule has 1 heterocycles. The molecule has 1 aromatic heterocycles. The molecule has 0 saturated carbocycles. The van der Waals surface area contributed by atoms with Crippen LogP contribution in [-0.4, -0.2) is 50.1 Å². The van der Waals surface area contributed by atoms with E-state index in [2.05, 4.69) is 10.2 Å². The van der Waals surface area contributed by atoms with Gasteiger partial charge in [-0.2, -0.15) is 15.0 Å². The summed E-state index contributed by atoms with van der Waals surface area (Å²) in [7, 11) is 0. The first kappa shape index (κ1) is 14.2. The molecule has 6 nitrogen and oxygen atoms in total. The maximum atomic E-state index is 12.6. The molecule has 0 aliphatic heterocycles. The van der Waals surface area contributed by atoms with Crippen LogP contribution in [0.15, 0.2) is 36.7 Å². The number of aromatic nitrogens is 3. The van der Waals surface area contributed by atoms with Crippen LogP contribution in [0, 0.1) is 0 Å². The minimum absolute atomic E-state index is 0.0677. The van der Waals surface area contributed by atoms with Crippen molar-refractivity contribution in [2.45, 2.75) is 19.9 Å². The molecule has 1 aromatic carbocycles. The molecule has 1 unspecified atom stereocenters. The Morgan fingerprint density at radius 2 is 2.00 bits per heavy atom. The first-order valence-corrected chi connectivity index (χ1v) is 6.56.